The molecule has 1 aliphatic rings. The van der Waals surface area contributed by atoms with Crippen LogP contribution in [0.2, 0.25) is 0 Å². The van der Waals surface area contributed by atoms with E-state index in [0.29, 0.717) is 0 Å². The molecule has 0 aromatic heterocycles. The van der Waals surface area contributed by atoms with Crippen LogP contribution in [-0.2, 0) is 0 Å². The molecule has 2 heteroatoms. The topological polar surface area (TPSA) is 3.24 Å². The first-order valence-corrected chi connectivity index (χ1v) is 7.22. The van der Waals surface area contributed by atoms with Crippen molar-refractivity contribution >= 4 is 12.6 Å². The average molecular weight is 229 g/mol. The summed E-state index contributed by atoms with van der Waals surface area (Å²) in [6.07, 6.45) is 8.30. The lowest BCUT2D eigenvalue weighted by molar-refractivity contribution is 0.199. The van der Waals surface area contributed by atoms with Gasteiger partial charge in [0.1, 0.15) is 0 Å². The summed E-state index contributed by atoms with van der Waals surface area (Å²) in [4.78, 5) is 2.70. The smallest absolute Gasteiger partial charge is 0.00669 e. The van der Waals surface area contributed by atoms with Gasteiger partial charge in [-0.2, -0.15) is 12.6 Å². The second-order valence-electron chi connectivity index (χ2n) is 5.14. The highest BCUT2D eigenvalue weighted by Crippen LogP contribution is 2.18. The van der Waals surface area contributed by atoms with Gasteiger partial charge in [0.2, 0.25) is 0 Å². The van der Waals surface area contributed by atoms with Crippen molar-refractivity contribution in [1.29, 1.82) is 0 Å². The maximum atomic E-state index is 4.30. The zero-order valence-electron chi connectivity index (χ0n) is 10.4. The summed E-state index contributed by atoms with van der Waals surface area (Å²) in [5, 5.41) is 0. The molecule has 2 atom stereocenters. The summed E-state index contributed by atoms with van der Waals surface area (Å²) in [5.74, 6) is 1.88. The molecule has 0 amide bonds. The van der Waals surface area contributed by atoms with Crippen LogP contribution in [0.5, 0.6) is 0 Å². The molecule has 0 bridgehead atoms. The summed E-state index contributed by atoms with van der Waals surface area (Å²) < 4.78 is 0. The molecule has 2 unspecified atom stereocenters. The van der Waals surface area contributed by atoms with Crippen molar-refractivity contribution in [2.45, 2.75) is 58.4 Å². The predicted octanol–water partition coefficient (Wildman–Crippen LogP) is 3.60. The van der Waals surface area contributed by atoms with Crippen LogP contribution in [0, 0.1) is 5.92 Å². The fourth-order valence-corrected chi connectivity index (χ4v) is 2.86. The highest BCUT2D eigenvalue weighted by molar-refractivity contribution is 7.80. The minimum atomic E-state index is 0.815. The summed E-state index contributed by atoms with van der Waals surface area (Å²) in [6.45, 7) is 7.39. The van der Waals surface area contributed by atoms with Gasteiger partial charge in [0.05, 0.1) is 0 Å². The molecule has 1 saturated heterocycles. The van der Waals surface area contributed by atoms with Crippen molar-refractivity contribution in [3.8, 4) is 0 Å². The maximum absolute atomic E-state index is 4.30. The molecule has 0 N–H and O–H groups in total. The van der Waals surface area contributed by atoms with E-state index >= 15 is 0 Å². The van der Waals surface area contributed by atoms with E-state index in [0.717, 1.165) is 17.7 Å². The molecule has 1 fully saturated rings. The van der Waals surface area contributed by atoms with E-state index in [-0.39, 0.29) is 0 Å². The molecular formula is C13H27NS. The van der Waals surface area contributed by atoms with Gasteiger partial charge in [-0.1, -0.05) is 19.8 Å². The third kappa shape index (κ3) is 5.26. The zero-order chi connectivity index (χ0) is 11.1. The second kappa shape index (κ2) is 7.56. The first-order chi connectivity index (χ1) is 7.24. The predicted molar refractivity (Wildman–Crippen MR) is 71.8 cm³/mol. The Morgan fingerprint density at radius 1 is 1.27 bits per heavy atom. The third-order valence-corrected chi connectivity index (χ3v) is 3.98. The van der Waals surface area contributed by atoms with Crippen molar-refractivity contribution in [2.75, 3.05) is 18.8 Å². The Bertz CT molecular complexity index is 161. The SMILES string of the molecule is CC(CCS)CCN1CCCCCC1C. The van der Waals surface area contributed by atoms with Gasteiger partial charge >= 0.3 is 0 Å². The normalized spacial score (nSPS) is 26.2. The van der Waals surface area contributed by atoms with E-state index in [9.17, 15) is 0 Å². The van der Waals surface area contributed by atoms with Gasteiger partial charge in [-0.05, 0) is 57.4 Å². The molecule has 0 aromatic rings. The van der Waals surface area contributed by atoms with Gasteiger partial charge in [0, 0.05) is 6.04 Å². The molecule has 15 heavy (non-hydrogen) atoms. The molecule has 0 spiro atoms. The molecule has 1 heterocycles. The largest absolute Gasteiger partial charge is 0.301 e. The van der Waals surface area contributed by atoms with Crippen LogP contribution < -0.4 is 0 Å². The molecule has 90 valence electrons. The minimum absolute atomic E-state index is 0.815. The lowest BCUT2D eigenvalue weighted by atomic mass is 10.0. The van der Waals surface area contributed by atoms with Crippen LogP contribution in [0.4, 0.5) is 0 Å². The molecule has 0 aliphatic carbocycles. The Kier molecular flexibility index (Phi) is 6.74. The molecule has 1 aliphatic heterocycles. The Morgan fingerprint density at radius 3 is 2.80 bits per heavy atom. The number of hydrogen-bond donors (Lipinski definition) is 1. The van der Waals surface area contributed by atoms with Crippen LogP contribution in [-0.4, -0.2) is 29.8 Å². The van der Waals surface area contributed by atoms with Crippen LogP contribution in [0.3, 0.4) is 0 Å². The molecular weight excluding hydrogens is 202 g/mol. The summed E-state index contributed by atoms with van der Waals surface area (Å²) in [5.41, 5.74) is 0. The van der Waals surface area contributed by atoms with Crippen molar-refractivity contribution in [3.63, 3.8) is 0 Å². The standard InChI is InChI=1S/C13H27NS/c1-12(8-11-15)7-10-14-9-5-3-4-6-13(14)2/h12-13,15H,3-11H2,1-2H3. The molecule has 0 aromatic carbocycles. The van der Waals surface area contributed by atoms with Crippen LogP contribution in [0.1, 0.15) is 52.4 Å². The first kappa shape index (κ1) is 13.4. The highest BCUT2D eigenvalue weighted by atomic mass is 32.1. The second-order valence-corrected chi connectivity index (χ2v) is 5.59. The van der Waals surface area contributed by atoms with E-state index in [1.807, 2.05) is 0 Å². The van der Waals surface area contributed by atoms with E-state index in [4.69, 9.17) is 0 Å². The van der Waals surface area contributed by atoms with Crippen LogP contribution in [0.25, 0.3) is 0 Å². The molecule has 1 nitrogen and oxygen atoms in total. The fourth-order valence-electron chi connectivity index (χ4n) is 2.42. The van der Waals surface area contributed by atoms with Crippen molar-refractivity contribution < 1.29 is 0 Å². The van der Waals surface area contributed by atoms with Gasteiger partial charge in [-0.25, -0.2) is 0 Å². The van der Waals surface area contributed by atoms with Crippen LogP contribution >= 0.6 is 12.6 Å². The van der Waals surface area contributed by atoms with E-state index in [1.54, 1.807) is 0 Å². The number of rotatable bonds is 5. The van der Waals surface area contributed by atoms with Crippen LogP contribution in [0.15, 0.2) is 0 Å². The quantitative estimate of drug-likeness (QED) is 0.705. The molecule has 1 rings (SSSR count). The van der Waals surface area contributed by atoms with E-state index in [1.165, 1.54) is 51.6 Å². The summed E-state index contributed by atoms with van der Waals surface area (Å²) >= 11 is 4.30. The van der Waals surface area contributed by atoms with Gasteiger partial charge in [0.15, 0.2) is 0 Å². The average Bonchev–Trinajstić information content (AvgIpc) is 2.41. The van der Waals surface area contributed by atoms with Crippen molar-refractivity contribution in [3.05, 3.63) is 0 Å². The van der Waals surface area contributed by atoms with E-state index < -0.39 is 0 Å². The summed E-state index contributed by atoms with van der Waals surface area (Å²) in [6, 6.07) is 0.815. The molecule has 0 radical (unpaired) electrons. The molecule has 0 saturated carbocycles. The fraction of sp³-hybridized carbons (Fsp3) is 1.00. The van der Waals surface area contributed by atoms with Crippen molar-refractivity contribution in [2.24, 2.45) is 5.92 Å². The Morgan fingerprint density at radius 2 is 2.07 bits per heavy atom. The summed E-state index contributed by atoms with van der Waals surface area (Å²) in [7, 11) is 0. The first-order valence-electron chi connectivity index (χ1n) is 6.59. The lowest BCUT2D eigenvalue weighted by Gasteiger charge is -2.28. The number of hydrogen-bond acceptors (Lipinski definition) is 2. The monoisotopic (exact) mass is 229 g/mol. The third-order valence-electron chi connectivity index (χ3n) is 3.72. The number of likely N-dealkylation sites (tertiary alicyclic amines) is 1. The van der Waals surface area contributed by atoms with Gasteiger partial charge in [0.25, 0.3) is 0 Å². The van der Waals surface area contributed by atoms with Gasteiger partial charge in [-0.15, -0.1) is 0 Å². The van der Waals surface area contributed by atoms with Gasteiger partial charge in [-0.3, -0.25) is 0 Å². The zero-order valence-corrected chi connectivity index (χ0v) is 11.3. The van der Waals surface area contributed by atoms with E-state index in [2.05, 4.69) is 31.4 Å². The Labute approximate surface area is 101 Å². The number of thiol groups is 1. The minimum Gasteiger partial charge on any atom is -0.301 e. The Balaban J connectivity index is 2.22. The van der Waals surface area contributed by atoms with Gasteiger partial charge < -0.3 is 4.90 Å². The highest BCUT2D eigenvalue weighted by Gasteiger charge is 2.16. The Hall–Kier alpha value is 0.310. The maximum Gasteiger partial charge on any atom is 0.00669 e. The lowest BCUT2D eigenvalue weighted by Crippen LogP contribution is -2.34. The van der Waals surface area contributed by atoms with Crippen molar-refractivity contribution in [1.82, 2.24) is 4.90 Å². The number of nitrogens with zero attached hydrogens (tertiary/aromatic N) is 1.